The highest BCUT2D eigenvalue weighted by Crippen LogP contribution is 2.17. The highest BCUT2D eigenvalue weighted by molar-refractivity contribution is 5.26. The van der Waals surface area contributed by atoms with Crippen molar-refractivity contribution in [3.05, 3.63) is 17.0 Å². The van der Waals surface area contributed by atoms with Gasteiger partial charge in [-0.3, -0.25) is 4.68 Å². The van der Waals surface area contributed by atoms with Gasteiger partial charge in [0, 0.05) is 38.0 Å². The molecule has 4 heteroatoms. The van der Waals surface area contributed by atoms with Crippen molar-refractivity contribution in [2.45, 2.75) is 66.0 Å². The van der Waals surface area contributed by atoms with E-state index >= 15 is 0 Å². The maximum Gasteiger partial charge on any atom is 0.0669 e. The second kappa shape index (κ2) is 9.94. The van der Waals surface area contributed by atoms with Crippen LogP contribution in [0.5, 0.6) is 0 Å². The second-order valence-corrected chi connectivity index (χ2v) is 5.18. The van der Waals surface area contributed by atoms with E-state index in [1.807, 2.05) is 0 Å². The van der Waals surface area contributed by atoms with Crippen molar-refractivity contribution in [2.75, 3.05) is 20.3 Å². The smallest absolute Gasteiger partial charge is 0.0669 e. The van der Waals surface area contributed by atoms with Gasteiger partial charge in [-0.2, -0.15) is 5.10 Å². The summed E-state index contributed by atoms with van der Waals surface area (Å²) in [5, 5.41) is 8.27. The Balaban J connectivity index is 2.73. The van der Waals surface area contributed by atoms with E-state index in [-0.39, 0.29) is 0 Å². The van der Waals surface area contributed by atoms with Crippen LogP contribution in [0.3, 0.4) is 0 Å². The Morgan fingerprint density at radius 1 is 1.15 bits per heavy atom. The lowest BCUT2D eigenvalue weighted by Gasteiger charge is -2.09. The van der Waals surface area contributed by atoms with Gasteiger partial charge in [0.1, 0.15) is 0 Å². The van der Waals surface area contributed by atoms with Crippen molar-refractivity contribution < 1.29 is 4.74 Å². The second-order valence-electron chi connectivity index (χ2n) is 5.18. The summed E-state index contributed by atoms with van der Waals surface area (Å²) in [6, 6.07) is 0. The zero-order valence-electron chi connectivity index (χ0n) is 13.7. The van der Waals surface area contributed by atoms with E-state index < -0.39 is 0 Å². The van der Waals surface area contributed by atoms with E-state index in [0.29, 0.717) is 0 Å². The molecule has 0 aliphatic rings. The molecule has 0 saturated heterocycles. The number of rotatable bonds is 11. The molecular formula is C16H31N3O. The monoisotopic (exact) mass is 281 g/mol. The summed E-state index contributed by atoms with van der Waals surface area (Å²) in [5.41, 5.74) is 4.06. The van der Waals surface area contributed by atoms with E-state index in [9.17, 15) is 0 Å². The summed E-state index contributed by atoms with van der Waals surface area (Å²) in [6.07, 6.45) is 5.83. The zero-order chi connectivity index (χ0) is 14.8. The van der Waals surface area contributed by atoms with Gasteiger partial charge < -0.3 is 10.1 Å². The molecule has 0 saturated carbocycles. The van der Waals surface area contributed by atoms with Crippen LogP contribution in [0.15, 0.2) is 0 Å². The van der Waals surface area contributed by atoms with Gasteiger partial charge in [0.05, 0.1) is 12.3 Å². The third-order valence-electron chi connectivity index (χ3n) is 3.68. The molecule has 0 unspecified atom stereocenters. The van der Waals surface area contributed by atoms with E-state index in [2.05, 4.69) is 30.8 Å². The Bertz CT molecular complexity index is 374. The van der Waals surface area contributed by atoms with Crippen LogP contribution in [-0.2, 0) is 30.7 Å². The first kappa shape index (κ1) is 17.2. The molecule has 0 radical (unpaired) electrons. The van der Waals surface area contributed by atoms with E-state index in [0.717, 1.165) is 39.1 Å². The van der Waals surface area contributed by atoms with Crippen LogP contribution in [0, 0.1) is 0 Å². The average molecular weight is 281 g/mol. The Morgan fingerprint density at radius 2 is 1.95 bits per heavy atom. The molecular weight excluding hydrogens is 250 g/mol. The molecule has 0 fully saturated rings. The SMILES string of the molecule is CCCCCn1nc(CC)c(CNCCOC)c1CC. The van der Waals surface area contributed by atoms with Crippen LogP contribution < -0.4 is 5.32 Å². The number of aryl methyl sites for hydroxylation is 2. The summed E-state index contributed by atoms with van der Waals surface area (Å²) in [4.78, 5) is 0. The molecule has 116 valence electrons. The topological polar surface area (TPSA) is 39.1 Å². The summed E-state index contributed by atoms with van der Waals surface area (Å²) < 4.78 is 7.32. The van der Waals surface area contributed by atoms with Crippen molar-refractivity contribution in [1.29, 1.82) is 0 Å². The maximum absolute atomic E-state index is 5.08. The van der Waals surface area contributed by atoms with Crippen LogP contribution in [0.1, 0.15) is 57.0 Å². The molecule has 0 amide bonds. The quantitative estimate of drug-likeness (QED) is 0.634. The molecule has 0 aliphatic heterocycles. The standard InChI is InChI=1S/C16H31N3O/c1-5-8-9-11-19-16(7-3)14(15(6-2)18-19)13-17-10-12-20-4/h17H,5-13H2,1-4H3. The van der Waals surface area contributed by atoms with Crippen molar-refractivity contribution in [3.63, 3.8) is 0 Å². The Morgan fingerprint density at radius 3 is 2.55 bits per heavy atom. The lowest BCUT2D eigenvalue weighted by Crippen LogP contribution is -2.20. The average Bonchev–Trinajstić information content (AvgIpc) is 2.81. The van der Waals surface area contributed by atoms with Gasteiger partial charge in [0.2, 0.25) is 0 Å². The lowest BCUT2D eigenvalue weighted by molar-refractivity contribution is 0.199. The number of unbranched alkanes of at least 4 members (excludes halogenated alkanes) is 2. The number of aromatic nitrogens is 2. The zero-order valence-corrected chi connectivity index (χ0v) is 13.7. The molecule has 1 heterocycles. The number of hydrogen-bond donors (Lipinski definition) is 1. The molecule has 0 aliphatic carbocycles. The highest BCUT2D eigenvalue weighted by atomic mass is 16.5. The first-order valence-corrected chi connectivity index (χ1v) is 8.05. The fraction of sp³-hybridized carbons (Fsp3) is 0.812. The Labute approximate surface area is 123 Å². The largest absolute Gasteiger partial charge is 0.383 e. The third-order valence-corrected chi connectivity index (χ3v) is 3.68. The molecule has 0 spiro atoms. The molecule has 0 bridgehead atoms. The predicted octanol–water partition coefficient (Wildman–Crippen LogP) is 2.93. The number of nitrogens with zero attached hydrogens (tertiary/aromatic N) is 2. The van der Waals surface area contributed by atoms with Gasteiger partial charge >= 0.3 is 0 Å². The van der Waals surface area contributed by atoms with E-state index in [4.69, 9.17) is 9.84 Å². The van der Waals surface area contributed by atoms with Crippen molar-refractivity contribution in [3.8, 4) is 0 Å². The normalized spacial score (nSPS) is 11.2. The maximum atomic E-state index is 5.08. The predicted molar refractivity (Wildman–Crippen MR) is 84.1 cm³/mol. The third kappa shape index (κ3) is 4.91. The molecule has 1 aromatic rings. The van der Waals surface area contributed by atoms with Crippen molar-refractivity contribution in [1.82, 2.24) is 15.1 Å². The van der Waals surface area contributed by atoms with Crippen LogP contribution in [0.2, 0.25) is 0 Å². The summed E-state index contributed by atoms with van der Waals surface area (Å²) in [7, 11) is 1.74. The van der Waals surface area contributed by atoms with Crippen molar-refractivity contribution >= 4 is 0 Å². The van der Waals surface area contributed by atoms with Gasteiger partial charge in [-0.1, -0.05) is 33.6 Å². The van der Waals surface area contributed by atoms with Gasteiger partial charge in [-0.25, -0.2) is 0 Å². The van der Waals surface area contributed by atoms with Crippen LogP contribution >= 0.6 is 0 Å². The molecule has 0 atom stereocenters. The molecule has 4 nitrogen and oxygen atoms in total. The van der Waals surface area contributed by atoms with Crippen molar-refractivity contribution in [2.24, 2.45) is 0 Å². The number of hydrogen-bond acceptors (Lipinski definition) is 3. The lowest BCUT2D eigenvalue weighted by atomic mass is 10.1. The fourth-order valence-corrected chi connectivity index (χ4v) is 2.56. The minimum Gasteiger partial charge on any atom is -0.383 e. The van der Waals surface area contributed by atoms with Gasteiger partial charge in [0.15, 0.2) is 0 Å². The summed E-state index contributed by atoms with van der Waals surface area (Å²) in [5.74, 6) is 0. The minimum atomic E-state index is 0.757. The van der Waals surface area contributed by atoms with Crippen LogP contribution in [0.4, 0.5) is 0 Å². The van der Waals surface area contributed by atoms with Crippen LogP contribution in [0.25, 0.3) is 0 Å². The first-order valence-electron chi connectivity index (χ1n) is 8.05. The highest BCUT2D eigenvalue weighted by Gasteiger charge is 2.14. The summed E-state index contributed by atoms with van der Waals surface area (Å²) >= 11 is 0. The minimum absolute atomic E-state index is 0.757. The van der Waals surface area contributed by atoms with Gasteiger partial charge in [-0.05, 0) is 19.3 Å². The number of nitrogens with one attached hydrogen (secondary N) is 1. The fourth-order valence-electron chi connectivity index (χ4n) is 2.56. The van der Waals surface area contributed by atoms with Gasteiger partial charge in [0.25, 0.3) is 0 Å². The van der Waals surface area contributed by atoms with E-state index in [1.54, 1.807) is 7.11 Å². The number of ether oxygens (including phenoxy) is 1. The first-order chi connectivity index (χ1) is 9.78. The molecule has 0 aromatic carbocycles. The molecule has 1 N–H and O–H groups in total. The van der Waals surface area contributed by atoms with Crippen LogP contribution in [-0.4, -0.2) is 30.0 Å². The Kier molecular flexibility index (Phi) is 8.54. The Hall–Kier alpha value is -0.870. The molecule has 20 heavy (non-hydrogen) atoms. The van der Waals surface area contributed by atoms with E-state index in [1.165, 1.54) is 36.2 Å². The molecule has 1 aromatic heterocycles. The summed E-state index contributed by atoms with van der Waals surface area (Å²) in [6.45, 7) is 10.3. The van der Waals surface area contributed by atoms with Gasteiger partial charge in [-0.15, -0.1) is 0 Å². The number of methoxy groups -OCH3 is 1. The molecule has 1 rings (SSSR count).